The highest BCUT2D eigenvalue weighted by Gasteiger charge is 2.22. The molecule has 2 atom stereocenters. The van der Waals surface area contributed by atoms with Crippen LogP contribution in [-0.4, -0.2) is 33.0 Å². The maximum Gasteiger partial charge on any atom is 0.252 e. The van der Waals surface area contributed by atoms with Crippen LogP contribution in [0.25, 0.3) is 0 Å². The van der Waals surface area contributed by atoms with Gasteiger partial charge in [0.2, 0.25) is 0 Å². The summed E-state index contributed by atoms with van der Waals surface area (Å²) in [6.07, 6.45) is 5.13. The molecular formula is C20H21N3O3S. The minimum atomic E-state index is -1.08. The number of benzene rings is 2. The predicted molar refractivity (Wildman–Crippen MR) is 104 cm³/mol. The number of ether oxygens (including phenoxy) is 1. The Morgan fingerprint density at radius 3 is 2.56 bits per heavy atom. The normalized spacial score (nSPS) is 13.0. The molecule has 0 fully saturated rings. The van der Waals surface area contributed by atoms with Gasteiger partial charge in [-0.05, 0) is 42.0 Å². The maximum absolute atomic E-state index is 12.8. The van der Waals surface area contributed by atoms with Gasteiger partial charge in [-0.2, -0.15) is 0 Å². The van der Waals surface area contributed by atoms with Gasteiger partial charge in [0.1, 0.15) is 17.6 Å². The number of aromatic nitrogens is 2. The van der Waals surface area contributed by atoms with Crippen LogP contribution in [0.1, 0.15) is 27.8 Å². The third-order valence-corrected chi connectivity index (χ3v) is 5.20. The summed E-state index contributed by atoms with van der Waals surface area (Å²) in [5.74, 6) is 1.18. The third kappa shape index (κ3) is 4.25. The van der Waals surface area contributed by atoms with E-state index in [1.54, 1.807) is 43.8 Å². The third-order valence-electron chi connectivity index (χ3n) is 4.27. The Morgan fingerprint density at radius 1 is 1.22 bits per heavy atom. The van der Waals surface area contributed by atoms with Crippen LogP contribution in [0.15, 0.2) is 65.8 Å². The minimum absolute atomic E-state index is 0.237. The summed E-state index contributed by atoms with van der Waals surface area (Å²) in [4.78, 5) is 17.9. The summed E-state index contributed by atoms with van der Waals surface area (Å²) in [5, 5.41) is 3.04. The lowest BCUT2D eigenvalue weighted by Crippen LogP contribution is -2.31. The zero-order chi connectivity index (χ0) is 19.4. The van der Waals surface area contributed by atoms with E-state index in [9.17, 15) is 9.00 Å². The molecule has 0 saturated carbocycles. The van der Waals surface area contributed by atoms with E-state index in [2.05, 4.69) is 10.3 Å². The van der Waals surface area contributed by atoms with Gasteiger partial charge in [0.05, 0.1) is 7.11 Å². The second-order valence-electron chi connectivity index (χ2n) is 6.06. The van der Waals surface area contributed by atoms with Gasteiger partial charge >= 0.3 is 0 Å². The van der Waals surface area contributed by atoms with Crippen molar-refractivity contribution in [1.82, 2.24) is 14.9 Å². The number of carbonyl (C=O) groups is 1. The summed E-state index contributed by atoms with van der Waals surface area (Å²) >= 11 is 0. The maximum atomic E-state index is 12.8. The van der Waals surface area contributed by atoms with Crippen LogP contribution in [0.5, 0.6) is 5.75 Å². The molecule has 0 aliphatic heterocycles. The zero-order valence-corrected chi connectivity index (χ0v) is 16.2. The summed E-state index contributed by atoms with van der Waals surface area (Å²) in [7, 11) is 2.40. The van der Waals surface area contributed by atoms with E-state index in [4.69, 9.17) is 4.74 Å². The molecule has 3 aromatic rings. The molecule has 2 aromatic carbocycles. The van der Waals surface area contributed by atoms with E-state index in [0.29, 0.717) is 22.0 Å². The summed E-state index contributed by atoms with van der Waals surface area (Å²) in [6.45, 7) is 0. The molecule has 1 N–H and O–H groups in total. The second kappa shape index (κ2) is 8.18. The number of amides is 1. The van der Waals surface area contributed by atoms with Gasteiger partial charge in [0.25, 0.3) is 5.91 Å². The quantitative estimate of drug-likeness (QED) is 0.710. The molecule has 2 unspecified atom stereocenters. The van der Waals surface area contributed by atoms with Crippen molar-refractivity contribution in [2.45, 2.75) is 10.9 Å². The van der Waals surface area contributed by atoms with E-state index in [1.807, 2.05) is 42.1 Å². The molecule has 0 bridgehead atoms. The van der Waals surface area contributed by atoms with Crippen molar-refractivity contribution < 1.29 is 13.7 Å². The molecule has 140 valence electrons. The van der Waals surface area contributed by atoms with Gasteiger partial charge in [-0.25, -0.2) is 4.98 Å². The number of rotatable bonds is 6. The van der Waals surface area contributed by atoms with Crippen molar-refractivity contribution in [3.05, 3.63) is 77.9 Å². The molecule has 0 aliphatic carbocycles. The SMILES string of the molecule is COc1cccc(C(NC(=O)c2ccc(S(C)=O)cc2)c2nccn2C)c1. The first-order valence-electron chi connectivity index (χ1n) is 8.35. The molecule has 3 rings (SSSR count). The fraction of sp³-hybridized carbons (Fsp3) is 0.200. The number of aryl methyl sites for hydroxylation is 1. The van der Waals surface area contributed by atoms with Crippen molar-refractivity contribution in [1.29, 1.82) is 0 Å². The highest BCUT2D eigenvalue weighted by Crippen LogP contribution is 2.24. The summed E-state index contributed by atoms with van der Waals surface area (Å²) in [6, 6.07) is 13.8. The van der Waals surface area contributed by atoms with Crippen LogP contribution in [-0.2, 0) is 17.8 Å². The number of carbonyl (C=O) groups excluding carboxylic acids is 1. The molecule has 1 aromatic heterocycles. The number of hydrogen-bond acceptors (Lipinski definition) is 4. The lowest BCUT2D eigenvalue weighted by atomic mass is 10.0. The van der Waals surface area contributed by atoms with Crippen LogP contribution in [0, 0.1) is 0 Å². The predicted octanol–water partition coefficient (Wildman–Crippen LogP) is 2.69. The average molecular weight is 383 g/mol. The molecule has 7 heteroatoms. The first-order chi connectivity index (χ1) is 13.0. The van der Waals surface area contributed by atoms with Crippen LogP contribution < -0.4 is 10.1 Å². The van der Waals surface area contributed by atoms with E-state index in [0.717, 1.165) is 5.56 Å². The summed E-state index contributed by atoms with van der Waals surface area (Å²) < 4.78 is 18.7. The molecular weight excluding hydrogens is 362 g/mol. The van der Waals surface area contributed by atoms with Crippen LogP contribution >= 0.6 is 0 Å². The standard InChI is InChI=1S/C20H21N3O3S/c1-23-12-11-21-19(23)18(15-5-4-6-16(13-15)26-2)22-20(24)14-7-9-17(10-8-14)27(3)25/h4-13,18H,1-3H3,(H,22,24). The van der Waals surface area contributed by atoms with E-state index < -0.39 is 16.8 Å². The molecule has 27 heavy (non-hydrogen) atoms. The highest BCUT2D eigenvalue weighted by molar-refractivity contribution is 7.84. The van der Waals surface area contributed by atoms with Gasteiger partial charge < -0.3 is 14.6 Å². The number of methoxy groups -OCH3 is 1. The number of nitrogens with one attached hydrogen (secondary N) is 1. The fourth-order valence-corrected chi connectivity index (χ4v) is 3.31. The van der Waals surface area contributed by atoms with Gasteiger partial charge in [0.15, 0.2) is 0 Å². The first kappa shape index (κ1) is 18.8. The smallest absolute Gasteiger partial charge is 0.252 e. The molecule has 6 nitrogen and oxygen atoms in total. The number of nitrogens with zero attached hydrogens (tertiary/aromatic N) is 2. The lowest BCUT2D eigenvalue weighted by Gasteiger charge is -2.20. The molecule has 1 heterocycles. The zero-order valence-electron chi connectivity index (χ0n) is 15.4. The topological polar surface area (TPSA) is 73.2 Å². The highest BCUT2D eigenvalue weighted by atomic mass is 32.2. The molecule has 1 amide bonds. The monoisotopic (exact) mass is 383 g/mol. The molecule has 0 spiro atoms. The largest absolute Gasteiger partial charge is 0.497 e. The van der Waals surface area contributed by atoms with E-state index >= 15 is 0 Å². The Bertz CT molecular complexity index is 967. The second-order valence-corrected chi connectivity index (χ2v) is 7.44. The number of hydrogen-bond donors (Lipinski definition) is 1. The van der Waals surface area contributed by atoms with Crippen molar-refractivity contribution >= 4 is 16.7 Å². The van der Waals surface area contributed by atoms with Crippen LogP contribution in [0.4, 0.5) is 0 Å². The Kier molecular flexibility index (Phi) is 5.71. The van der Waals surface area contributed by atoms with Crippen molar-refractivity contribution in [3.8, 4) is 5.75 Å². The minimum Gasteiger partial charge on any atom is -0.497 e. The Hall–Kier alpha value is -2.93. The van der Waals surface area contributed by atoms with Crippen molar-refractivity contribution in [2.24, 2.45) is 7.05 Å². The van der Waals surface area contributed by atoms with Gasteiger partial charge in [-0.3, -0.25) is 9.00 Å². The van der Waals surface area contributed by atoms with E-state index in [1.165, 1.54) is 0 Å². The average Bonchev–Trinajstić information content (AvgIpc) is 3.11. The molecule has 0 aliphatic rings. The Morgan fingerprint density at radius 2 is 1.96 bits per heavy atom. The summed E-state index contributed by atoms with van der Waals surface area (Å²) in [5.41, 5.74) is 1.36. The van der Waals surface area contributed by atoms with Gasteiger partial charge in [0, 0.05) is 47.0 Å². The Balaban J connectivity index is 1.92. The van der Waals surface area contributed by atoms with E-state index in [-0.39, 0.29) is 5.91 Å². The number of imidazole rings is 1. The first-order valence-corrected chi connectivity index (χ1v) is 9.91. The van der Waals surface area contributed by atoms with Gasteiger partial charge in [-0.15, -0.1) is 0 Å². The lowest BCUT2D eigenvalue weighted by molar-refractivity contribution is 0.0941. The molecule has 0 radical (unpaired) electrons. The van der Waals surface area contributed by atoms with Crippen LogP contribution in [0.2, 0.25) is 0 Å². The van der Waals surface area contributed by atoms with Crippen molar-refractivity contribution in [3.63, 3.8) is 0 Å². The van der Waals surface area contributed by atoms with Gasteiger partial charge in [-0.1, -0.05) is 12.1 Å². The fourth-order valence-electron chi connectivity index (χ4n) is 2.79. The van der Waals surface area contributed by atoms with Crippen molar-refractivity contribution in [2.75, 3.05) is 13.4 Å². The van der Waals surface area contributed by atoms with Crippen LogP contribution in [0.3, 0.4) is 0 Å². The molecule has 0 saturated heterocycles. The Labute approximate surface area is 160 Å².